The molecule has 0 aromatic heterocycles. The minimum absolute atomic E-state index is 0.290. The number of carbonyl (C=O) groups excluding carboxylic acids is 1. The second-order valence-electron chi connectivity index (χ2n) is 4.83. The fourth-order valence-electron chi connectivity index (χ4n) is 2.12. The van der Waals surface area contributed by atoms with Crippen LogP contribution in [0.15, 0.2) is 36.4 Å². The molecule has 22 heavy (non-hydrogen) atoms. The number of benzene rings is 2. The van der Waals surface area contributed by atoms with Gasteiger partial charge in [0.15, 0.2) is 11.5 Å². The summed E-state index contributed by atoms with van der Waals surface area (Å²) < 4.78 is 23.6. The molecule has 0 radical (unpaired) electrons. The first-order valence-electron chi connectivity index (χ1n) is 6.80. The van der Waals surface area contributed by atoms with Crippen LogP contribution in [0.2, 0.25) is 0 Å². The molecule has 0 fully saturated rings. The zero-order valence-electron chi connectivity index (χ0n) is 12.8. The molecule has 0 spiro atoms. The van der Waals surface area contributed by atoms with Crippen molar-refractivity contribution in [2.45, 2.75) is 13.5 Å². The molecule has 0 aliphatic heterocycles. The second kappa shape index (κ2) is 6.93. The van der Waals surface area contributed by atoms with Crippen LogP contribution in [0.25, 0.3) is 0 Å². The van der Waals surface area contributed by atoms with E-state index < -0.39 is 5.82 Å². The third kappa shape index (κ3) is 3.55. The quantitative estimate of drug-likeness (QED) is 0.923. The van der Waals surface area contributed by atoms with E-state index in [9.17, 15) is 9.18 Å². The third-order valence-electron chi connectivity index (χ3n) is 3.37. The number of nitrogens with one attached hydrogen (secondary N) is 1. The van der Waals surface area contributed by atoms with Crippen LogP contribution in [0, 0.1) is 12.7 Å². The molecular formula is C17H18FNO3. The van der Waals surface area contributed by atoms with Gasteiger partial charge in [-0.2, -0.15) is 0 Å². The Kier molecular flexibility index (Phi) is 4.99. The number of aryl methyl sites for hydroxylation is 1. The third-order valence-corrected chi connectivity index (χ3v) is 3.37. The first kappa shape index (κ1) is 15.8. The lowest BCUT2D eigenvalue weighted by atomic mass is 10.1. The van der Waals surface area contributed by atoms with Gasteiger partial charge in [-0.1, -0.05) is 6.07 Å². The Bertz CT molecular complexity index is 686. The lowest BCUT2D eigenvalue weighted by molar-refractivity contribution is 0.0950. The SMILES string of the molecule is COc1cc(C)c(CNC(=O)c2cccc(F)c2)cc1OC. The van der Waals surface area contributed by atoms with E-state index >= 15 is 0 Å². The van der Waals surface area contributed by atoms with E-state index in [1.54, 1.807) is 20.3 Å². The van der Waals surface area contributed by atoms with Gasteiger partial charge in [-0.05, 0) is 48.4 Å². The predicted octanol–water partition coefficient (Wildman–Crippen LogP) is 3.08. The van der Waals surface area contributed by atoms with Gasteiger partial charge in [-0.3, -0.25) is 4.79 Å². The molecule has 1 N–H and O–H groups in total. The van der Waals surface area contributed by atoms with Gasteiger partial charge < -0.3 is 14.8 Å². The molecule has 0 aliphatic carbocycles. The Labute approximate surface area is 128 Å². The van der Waals surface area contributed by atoms with Gasteiger partial charge in [-0.25, -0.2) is 4.39 Å². The summed E-state index contributed by atoms with van der Waals surface area (Å²) >= 11 is 0. The topological polar surface area (TPSA) is 47.6 Å². The van der Waals surface area contributed by atoms with Crippen LogP contribution in [-0.4, -0.2) is 20.1 Å². The van der Waals surface area contributed by atoms with Crippen molar-refractivity contribution in [1.29, 1.82) is 0 Å². The smallest absolute Gasteiger partial charge is 0.251 e. The van der Waals surface area contributed by atoms with E-state index in [0.717, 1.165) is 11.1 Å². The van der Waals surface area contributed by atoms with E-state index in [0.29, 0.717) is 18.0 Å². The zero-order chi connectivity index (χ0) is 16.1. The average molecular weight is 303 g/mol. The van der Waals surface area contributed by atoms with Gasteiger partial charge in [-0.15, -0.1) is 0 Å². The number of carbonyl (C=O) groups is 1. The molecule has 2 rings (SSSR count). The van der Waals surface area contributed by atoms with Crippen molar-refractivity contribution in [3.63, 3.8) is 0 Å². The van der Waals surface area contributed by atoms with E-state index in [1.165, 1.54) is 18.2 Å². The minimum atomic E-state index is -0.435. The first-order valence-corrected chi connectivity index (χ1v) is 6.80. The number of halogens is 1. The van der Waals surface area contributed by atoms with E-state index in [-0.39, 0.29) is 11.5 Å². The summed E-state index contributed by atoms with van der Waals surface area (Å²) in [5.41, 5.74) is 2.16. The average Bonchev–Trinajstić information content (AvgIpc) is 2.53. The summed E-state index contributed by atoms with van der Waals surface area (Å²) in [4.78, 5) is 12.0. The van der Waals surface area contributed by atoms with Gasteiger partial charge in [0.25, 0.3) is 5.91 Å². The highest BCUT2D eigenvalue weighted by Gasteiger charge is 2.11. The molecular weight excluding hydrogens is 285 g/mol. The van der Waals surface area contributed by atoms with E-state index in [2.05, 4.69) is 5.32 Å². The van der Waals surface area contributed by atoms with Gasteiger partial charge in [0.05, 0.1) is 14.2 Å². The largest absolute Gasteiger partial charge is 0.493 e. The molecule has 0 saturated carbocycles. The number of ether oxygens (including phenoxy) is 2. The highest BCUT2D eigenvalue weighted by atomic mass is 19.1. The molecule has 4 nitrogen and oxygen atoms in total. The maximum absolute atomic E-state index is 13.1. The van der Waals surface area contributed by atoms with Crippen LogP contribution in [0.3, 0.4) is 0 Å². The maximum Gasteiger partial charge on any atom is 0.251 e. The molecule has 0 heterocycles. The summed E-state index contributed by atoms with van der Waals surface area (Å²) in [6.07, 6.45) is 0. The molecule has 0 atom stereocenters. The number of hydrogen-bond donors (Lipinski definition) is 1. The molecule has 0 saturated heterocycles. The minimum Gasteiger partial charge on any atom is -0.493 e. The molecule has 5 heteroatoms. The second-order valence-corrected chi connectivity index (χ2v) is 4.83. The van der Waals surface area contributed by atoms with Crippen molar-refractivity contribution in [2.75, 3.05) is 14.2 Å². The lowest BCUT2D eigenvalue weighted by Gasteiger charge is -2.13. The summed E-state index contributed by atoms with van der Waals surface area (Å²) in [7, 11) is 3.13. The Hall–Kier alpha value is -2.56. The first-order chi connectivity index (χ1) is 10.5. The van der Waals surface area contributed by atoms with Crippen LogP contribution in [0.4, 0.5) is 4.39 Å². The fraction of sp³-hybridized carbons (Fsp3) is 0.235. The number of hydrogen-bond acceptors (Lipinski definition) is 3. The van der Waals surface area contributed by atoms with Crippen molar-refractivity contribution in [1.82, 2.24) is 5.32 Å². The molecule has 2 aromatic rings. The normalized spacial score (nSPS) is 10.2. The van der Waals surface area contributed by atoms with Crippen LogP contribution in [0.1, 0.15) is 21.5 Å². The van der Waals surface area contributed by atoms with E-state index in [1.807, 2.05) is 19.1 Å². The highest BCUT2D eigenvalue weighted by Crippen LogP contribution is 2.30. The Morgan fingerprint density at radius 3 is 2.45 bits per heavy atom. The van der Waals surface area contributed by atoms with Crippen molar-refractivity contribution in [3.05, 3.63) is 58.9 Å². The molecule has 0 aliphatic rings. The number of methoxy groups -OCH3 is 2. The summed E-state index contributed by atoms with van der Waals surface area (Å²) in [6, 6.07) is 9.25. The van der Waals surface area contributed by atoms with Gasteiger partial charge in [0, 0.05) is 12.1 Å². The van der Waals surface area contributed by atoms with Gasteiger partial charge in [0.1, 0.15) is 5.82 Å². The Balaban J connectivity index is 2.13. The summed E-state index contributed by atoms with van der Waals surface area (Å²) in [5.74, 6) is 0.479. The van der Waals surface area contributed by atoms with Gasteiger partial charge in [0.2, 0.25) is 0 Å². The van der Waals surface area contributed by atoms with Crippen molar-refractivity contribution >= 4 is 5.91 Å². The summed E-state index contributed by atoms with van der Waals surface area (Å²) in [5, 5.41) is 2.77. The Morgan fingerprint density at radius 1 is 1.14 bits per heavy atom. The monoisotopic (exact) mass is 303 g/mol. The van der Waals surface area contributed by atoms with Crippen molar-refractivity contribution in [2.24, 2.45) is 0 Å². The molecule has 0 unspecified atom stereocenters. The van der Waals surface area contributed by atoms with Crippen molar-refractivity contribution in [3.8, 4) is 11.5 Å². The standard InChI is InChI=1S/C17H18FNO3/c1-11-7-15(21-2)16(22-3)9-13(11)10-19-17(20)12-5-4-6-14(18)8-12/h4-9H,10H2,1-3H3,(H,19,20). The Morgan fingerprint density at radius 2 is 1.82 bits per heavy atom. The zero-order valence-corrected chi connectivity index (χ0v) is 12.8. The van der Waals surface area contributed by atoms with E-state index in [4.69, 9.17) is 9.47 Å². The molecule has 1 amide bonds. The van der Waals surface area contributed by atoms with Crippen LogP contribution in [-0.2, 0) is 6.54 Å². The highest BCUT2D eigenvalue weighted by molar-refractivity contribution is 5.94. The van der Waals surface area contributed by atoms with Gasteiger partial charge >= 0.3 is 0 Å². The molecule has 2 aromatic carbocycles. The lowest BCUT2D eigenvalue weighted by Crippen LogP contribution is -2.23. The maximum atomic E-state index is 13.1. The van der Waals surface area contributed by atoms with Crippen LogP contribution < -0.4 is 14.8 Å². The fourth-order valence-corrected chi connectivity index (χ4v) is 2.12. The predicted molar refractivity (Wildman–Crippen MR) is 81.9 cm³/mol. The summed E-state index contributed by atoms with van der Waals surface area (Å²) in [6.45, 7) is 2.24. The molecule has 0 bridgehead atoms. The number of rotatable bonds is 5. The van der Waals surface area contributed by atoms with Crippen LogP contribution >= 0.6 is 0 Å². The van der Waals surface area contributed by atoms with Crippen molar-refractivity contribution < 1.29 is 18.7 Å². The van der Waals surface area contributed by atoms with Crippen LogP contribution in [0.5, 0.6) is 11.5 Å². The molecule has 116 valence electrons. The number of amides is 1.